The van der Waals surface area contributed by atoms with E-state index in [1.54, 1.807) is 12.5 Å². The van der Waals surface area contributed by atoms with Crippen molar-refractivity contribution in [2.75, 3.05) is 36.9 Å². The second-order valence-electron chi connectivity index (χ2n) is 5.60. The summed E-state index contributed by atoms with van der Waals surface area (Å²) in [7, 11) is 2.06. The van der Waals surface area contributed by atoms with Crippen LogP contribution >= 0.6 is 11.3 Å². The van der Waals surface area contributed by atoms with Gasteiger partial charge in [0.1, 0.15) is 28.9 Å². The van der Waals surface area contributed by atoms with E-state index in [1.807, 2.05) is 6.07 Å². The topological polar surface area (TPSA) is 89.8 Å². The number of hydrogen-bond donors (Lipinski definition) is 2. The molecule has 1 aliphatic heterocycles. The van der Waals surface area contributed by atoms with Gasteiger partial charge in [0.15, 0.2) is 5.13 Å². The Hall–Kier alpha value is -2.24. The van der Waals surface area contributed by atoms with E-state index in [2.05, 4.69) is 43.6 Å². The summed E-state index contributed by atoms with van der Waals surface area (Å²) in [5, 5.41) is 16.0. The van der Waals surface area contributed by atoms with Crippen molar-refractivity contribution in [2.45, 2.75) is 12.8 Å². The maximum atomic E-state index is 8.85. The van der Waals surface area contributed by atoms with Gasteiger partial charge in [-0.25, -0.2) is 15.0 Å². The molecule has 7 nitrogen and oxygen atoms in total. The Morgan fingerprint density at radius 1 is 1.39 bits per heavy atom. The van der Waals surface area contributed by atoms with Crippen molar-refractivity contribution in [1.82, 2.24) is 20.3 Å². The Morgan fingerprint density at radius 3 is 2.96 bits per heavy atom. The quantitative estimate of drug-likeness (QED) is 0.867. The van der Waals surface area contributed by atoms with Crippen molar-refractivity contribution in [3.8, 4) is 6.07 Å². The summed E-state index contributed by atoms with van der Waals surface area (Å²) in [5.74, 6) is 2.27. The zero-order valence-corrected chi connectivity index (χ0v) is 13.8. The van der Waals surface area contributed by atoms with Crippen LogP contribution in [0.4, 0.5) is 16.8 Å². The van der Waals surface area contributed by atoms with Gasteiger partial charge in [-0.3, -0.25) is 0 Å². The van der Waals surface area contributed by atoms with Gasteiger partial charge in [0.25, 0.3) is 0 Å². The average molecular weight is 329 g/mol. The van der Waals surface area contributed by atoms with Gasteiger partial charge >= 0.3 is 0 Å². The van der Waals surface area contributed by atoms with Crippen LogP contribution in [0.25, 0.3) is 0 Å². The Kier molecular flexibility index (Phi) is 5.00. The molecule has 1 aliphatic rings. The highest BCUT2D eigenvalue weighted by Crippen LogP contribution is 2.23. The van der Waals surface area contributed by atoms with Crippen molar-refractivity contribution >= 4 is 28.1 Å². The lowest BCUT2D eigenvalue weighted by Gasteiger charge is -2.28. The third kappa shape index (κ3) is 4.15. The van der Waals surface area contributed by atoms with Crippen molar-refractivity contribution in [2.24, 2.45) is 5.92 Å². The molecule has 2 aromatic heterocycles. The first-order valence-corrected chi connectivity index (χ1v) is 8.43. The first-order valence-electron chi connectivity index (χ1n) is 7.61. The molecule has 2 N–H and O–H groups in total. The van der Waals surface area contributed by atoms with Crippen molar-refractivity contribution < 1.29 is 0 Å². The summed E-state index contributed by atoms with van der Waals surface area (Å²) >= 11 is 1.31. The second kappa shape index (κ2) is 7.35. The zero-order valence-electron chi connectivity index (χ0n) is 13.0. The van der Waals surface area contributed by atoms with Crippen molar-refractivity contribution in [3.63, 3.8) is 0 Å². The summed E-state index contributed by atoms with van der Waals surface area (Å²) in [5.41, 5.74) is 0. The minimum atomic E-state index is 0.574. The number of rotatable bonds is 5. The normalized spacial score (nSPS) is 15.1. The molecule has 1 saturated heterocycles. The largest absolute Gasteiger partial charge is 0.359 e. The SMILES string of the molecule is CN(CC1CCNCC1)c1cc(Nc2ncc(C#N)s2)ncn1. The van der Waals surface area contributed by atoms with Gasteiger partial charge in [0.2, 0.25) is 0 Å². The van der Waals surface area contributed by atoms with Crippen LogP contribution in [0.1, 0.15) is 17.7 Å². The molecule has 1 fully saturated rings. The third-order valence-electron chi connectivity index (χ3n) is 3.89. The van der Waals surface area contributed by atoms with Crippen LogP contribution in [-0.2, 0) is 0 Å². The van der Waals surface area contributed by atoms with Crippen molar-refractivity contribution in [3.05, 3.63) is 23.5 Å². The molecule has 2 aromatic rings. The number of anilines is 3. The van der Waals surface area contributed by atoms with E-state index in [0.29, 0.717) is 21.7 Å². The van der Waals surface area contributed by atoms with Gasteiger partial charge in [-0.1, -0.05) is 11.3 Å². The lowest BCUT2D eigenvalue weighted by atomic mass is 9.98. The fourth-order valence-electron chi connectivity index (χ4n) is 2.66. The van der Waals surface area contributed by atoms with Crippen LogP contribution in [0.5, 0.6) is 0 Å². The predicted octanol–water partition coefficient (Wildman–Crippen LogP) is 1.98. The Morgan fingerprint density at radius 2 is 2.22 bits per heavy atom. The average Bonchev–Trinajstić information content (AvgIpc) is 3.03. The molecule has 3 heterocycles. The summed E-state index contributed by atoms with van der Waals surface area (Å²) in [6, 6.07) is 3.99. The maximum absolute atomic E-state index is 8.85. The number of piperidine rings is 1. The first-order chi connectivity index (χ1) is 11.2. The minimum absolute atomic E-state index is 0.574. The molecule has 0 amide bonds. The van der Waals surface area contributed by atoms with Crippen LogP contribution in [0.2, 0.25) is 0 Å². The fourth-order valence-corrected chi connectivity index (χ4v) is 3.28. The highest BCUT2D eigenvalue weighted by molar-refractivity contribution is 7.16. The highest BCUT2D eigenvalue weighted by atomic mass is 32.1. The number of nitrogens with one attached hydrogen (secondary N) is 2. The van der Waals surface area contributed by atoms with Crippen molar-refractivity contribution in [1.29, 1.82) is 5.26 Å². The van der Waals surface area contributed by atoms with Crippen LogP contribution in [-0.4, -0.2) is 41.6 Å². The van der Waals surface area contributed by atoms with Gasteiger partial charge in [-0.2, -0.15) is 5.26 Å². The van der Waals surface area contributed by atoms with Gasteiger partial charge < -0.3 is 15.5 Å². The molecule has 0 atom stereocenters. The standard InChI is InChI=1S/C15H19N7S/c1-22(9-11-2-4-17-5-3-11)14-6-13(19-10-20-14)21-15-18-8-12(7-16)23-15/h6,8,10-11,17H,2-5,9H2,1H3,(H,18,19,20,21). The number of nitrogens with zero attached hydrogens (tertiary/aromatic N) is 5. The fraction of sp³-hybridized carbons (Fsp3) is 0.467. The summed E-state index contributed by atoms with van der Waals surface area (Å²) in [6.45, 7) is 3.19. The number of hydrogen-bond acceptors (Lipinski definition) is 8. The highest BCUT2D eigenvalue weighted by Gasteiger charge is 2.16. The molecule has 0 unspecified atom stereocenters. The lowest BCUT2D eigenvalue weighted by Crippen LogP contribution is -2.34. The maximum Gasteiger partial charge on any atom is 0.189 e. The zero-order chi connectivity index (χ0) is 16.1. The van der Waals surface area contributed by atoms with E-state index in [0.717, 1.165) is 25.5 Å². The van der Waals surface area contributed by atoms with Gasteiger partial charge in [0, 0.05) is 19.7 Å². The summed E-state index contributed by atoms with van der Waals surface area (Å²) < 4.78 is 0. The Balaban J connectivity index is 1.65. The molecule has 0 saturated carbocycles. The molecule has 0 aromatic carbocycles. The van der Waals surface area contributed by atoms with E-state index in [-0.39, 0.29) is 0 Å². The van der Waals surface area contributed by atoms with E-state index in [1.165, 1.54) is 24.2 Å². The van der Waals surface area contributed by atoms with Crippen LogP contribution in [0.3, 0.4) is 0 Å². The van der Waals surface area contributed by atoms with Crippen LogP contribution in [0.15, 0.2) is 18.6 Å². The summed E-state index contributed by atoms with van der Waals surface area (Å²) in [6.07, 6.45) is 5.51. The molecule has 0 aliphatic carbocycles. The molecule has 120 valence electrons. The number of nitriles is 1. The molecule has 3 rings (SSSR count). The third-order valence-corrected chi connectivity index (χ3v) is 4.70. The number of aromatic nitrogens is 3. The summed E-state index contributed by atoms with van der Waals surface area (Å²) in [4.78, 5) is 15.5. The van der Waals surface area contributed by atoms with Gasteiger partial charge in [-0.05, 0) is 31.8 Å². The van der Waals surface area contributed by atoms with Gasteiger partial charge in [-0.15, -0.1) is 0 Å². The number of thiazole rings is 1. The Bertz CT molecular complexity index is 687. The molecule has 0 radical (unpaired) electrons. The molecule has 8 heteroatoms. The molecular weight excluding hydrogens is 310 g/mol. The van der Waals surface area contributed by atoms with Crippen LogP contribution in [0, 0.1) is 17.2 Å². The smallest absolute Gasteiger partial charge is 0.189 e. The lowest BCUT2D eigenvalue weighted by molar-refractivity contribution is 0.377. The van der Waals surface area contributed by atoms with E-state index in [4.69, 9.17) is 5.26 Å². The van der Waals surface area contributed by atoms with Gasteiger partial charge in [0.05, 0.1) is 6.20 Å². The molecule has 0 bridgehead atoms. The second-order valence-corrected chi connectivity index (χ2v) is 6.63. The van der Waals surface area contributed by atoms with Crippen LogP contribution < -0.4 is 15.5 Å². The first kappa shape index (κ1) is 15.6. The molecular formula is C15H19N7S. The van der Waals surface area contributed by atoms with E-state index in [9.17, 15) is 0 Å². The van der Waals surface area contributed by atoms with E-state index >= 15 is 0 Å². The Labute approximate surface area is 139 Å². The van der Waals surface area contributed by atoms with E-state index < -0.39 is 0 Å². The monoisotopic (exact) mass is 329 g/mol. The molecule has 0 spiro atoms. The predicted molar refractivity (Wildman–Crippen MR) is 91.0 cm³/mol. The minimum Gasteiger partial charge on any atom is -0.359 e. The molecule has 23 heavy (non-hydrogen) atoms.